The summed E-state index contributed by atoms with van der Waals surface area (Å²) in [5, 5.41) is 3.52. The summed E-state index contributed by atoms with van der Waals surface area (Å²) in [6.07, 6.45) is 2.14. The molecule has 1 aromatic carbocycles. The molecule has 0 aromatic heterocycles. The molecule has 0 bridgehead atoms. The van der Waals surface area contributed by atoms with Crippen LogP contribution in [-0.2, 0) is 0 Å². The van der Waals surface area contributed by atoms with Crippen molar-refractivity contribution in [3.05, 3.63) is 35.4 Å². The summed E-state index contributed by atoms with van der Waals surface area (Å²) >= 11 is 1.88. The number of aryl methyl sites for hydroxylation is 1. The number of benzene rings is 1. The first-order valence-corrected chi connectivity index (χ1v) is 6.43. The second-order valence-corrected chi connectivity index (χ2v) is 4.51. The van der Waals surface area contributed by atoms with Gasteiger partial charge in [-0.1, -0.05) is 24.3 Å². The molecule has 0 fully saturated rings. The largest absolute Gasteiger partial charge is 0.309 e. The third-order valence-electron chi connectivity index (χ3n) is 2.41. The Bertz CT molecular complexity index is 273. The highest BCUT2D eigenvalue weighted by molar-refractivity contribution is 7.98. The van der Waals surface area contributed by atoms with Gasteiger partial charge in [0.15, 0.2) is 0 Å². The molecular formula is C12H19NS. The van der Waals surface area contributed by atoms with Crippen LogP contribution >= 0.6 is 11.8 Å². The zero-order valence-corrected chi connectivity index (χ0v) is 10.0. The molecule has 14 heavy (non-hydrogen) atoms. The highest BCUT2D eigenvalue weighted by Gasteiger charge is 2.05. The number of thioether (sulfide) groups is 1. The fraction of sp³-hybridized carbons (Fsp3) is 0.500. The van der Waals surface area contributed by atoms with Crippen LogP contribution in [0.25, 0.3) is 0 Å². The third-order valence-corrected chi connectivity index (χ3v) is 3.02. The molecule has 0 amide bonds. The first kappa shape index (κ1) is 11.6. The van der Waals surface area contributed by atoms with Crippen LogP contribution in [0.15, 0.2) is 24.3 Å². The summed E-state index contributed by atoms with van der Waals surface area (Å²) in [4.78, 5) is 0. The lowest BCUT2D eigenvalue weighted by atomic mass is 10.0. The molecule has 2 heteroatoms. The predicted octanol–water partition coefficient (Wildman–Crippen LogP) is 3.01. The molecule has 1 atom stereocenters. The first-order valence-electron chi connectivity index (χ1n) is 5.03. The van der Waals surface area contributed by atoms with Gasteiger partial charge in [0.2, 0.25) is 0 Å². The van der Waals surface area contributed by atoms with Crippen LogP contribution in [-0.4, -0.2) is 18.6 Å². The van der Waals surface area contributed by atoms with Gasteiger partial charge in [-0.15, -0.1) is 0 Å². The van der Waals surface area contributed by atoms with Gasteiger partial charge in [0.1, 0.15) is 0 Å². The summed E-state index contributed by atoms with van der Waals surface area (Å²) in [5.41, 5.74) is 2.78. The van der Waals surface area contributed by atoms with Crippen molar-refractivity contribution in [2.24, 2.45) is 0 Å². The minimum absolute atomic E-state index is 0.461. The molecule has 0 aliphatic heterocycles. The van der Waals surface area contributed by atoms with Gasteiger partial charge in [-0.25, -0.2) is 0 Å². The average molecular weight is 209 g/mol. The summed E-state index contributed by atoms with van der Waals surface area (Å²) in [6, 6.07) is 9.03. The Labute approximate surface area is 91.3 Å². The lowest BCUT2D eigenvalue weighted by Crippen LogP contribution is -2.21. The number of hydrogen-bond donors (Lipinski definition) is 1. The van der Waals surface area contributed by atoms with E-state index < -0.39 is 0 Å². The Balaban J connectivity index is 2.51. The van der Waals surface area contributed by atoms with Crippen molar-refractivity contribution in [1.82, 2.24) is 5.32 Å². The van der Waals surface area contributed by atoms with Crippen LogP contribution in [0.3, 0.4) is 0 Å². The predicted molar refractivity (Wildman–Crippen MR) is 66.0 cm³/mol. The maximum absolute atomic E-state index is 3.52. The smallest absolute Gasteiger partial charge is 0.0294 e. The van der Waals surface area contributed by atoms with E-state index >= 15 is 0 Å². The van der Waals surface area contributed by atoms with E-state index in [1.165, 1.54) is 16.9 Å². The zero-order valence-electron chi connectivity index (χ0n) is 9.21. The van der Waals surface area contributed by atoms with Crippen LogP contribution in [0.5, 0.6) is 0 Å². The Morgan fingerprint density at radius 1 is 1.36 bits per heavy atom. The Kier molecular flexibility index (Phi) is 5.05. The number of hydrogen-bond acceptors (Lipinski definition) is 2. The second kappa shape index (κ2) is 6.10. The van der Waals surface area contributed by atoms with Crippen molar-refractivity contribution in [1.29, 1.82) is 0 Å². The molecule has 78 valence electrons. The van der Waals surface area contributed by atoms with E-state index in [9.17, 15) is 0 Å². The minimum Gasteiger partial charge on any atom is -0.309 e. The molecule has 1 rings (SSSR count). The van der Waals surface area contributed by atoms with Crippen molar-refractivity contribution in [2.45, 2.75) is 19.9 Å². The maximum Gasteiger partial charge on any atom is 0.0294 e. The lowest BCUT2D eigenvalue weighted by molar-refractivity contribution is 0.598. The normalized spacial score (nSPS) is 12.8. The number of nitrogens with one attached hydrogen (secondary N) is 1. The molecule has 0 heterocycles. The molecule has 1 nitrogen and oxygen atoms in total. The van der Waals surface area contributed by atoms with E-state index in [2.05, 4.69) is 49.7 Å². The zero-order chi connectivity index (χ0) is 10.4. The van der Waals surface area contributed by atoms with Gasteiger partial charge in [0.05, 0.1) is 0 Å². The van der Waals surface area contributed by atoms with E-state index in [0.717, 1.165) is 6.54 Å². The average Bonchev–Trinajstić information content (AvgIpc) is 2.18. The molecule has 0 aliphatic rings. The van der Waals surface area contributed by atoms with E-state index in [1.54, 1.807) is 0 Å². The molecule has 1 aromatic rings. The molecule has 0 aliphatic carbocycles. The Morgan fingerprint density at radius 3 is 2.71 bits per heavy atom. The van der Waals surface area contributed by atoms with Crippen molar-refractivity contribution in [3.63, 3.8) is 0 Å². The molecule has 0 saturated heterocycles. The van der Waals surface area contributed by atoms with Gasteiger partial charge in [0.25, 0.3) is 0 Å². The molecule has 1 unspecified atom stereocenters. The minimum atomic E-state index is 0.461. The quantitative estimate of drug-likeness (QED) is 0.748. The topological polar surface area (TPSA) is 12.0 Å². The molecule has 0 radical (unpaired) electrons. The van der Waals surface area contributed by atoms with Gasteiger partial charge in [-0.2, -0.15) is 11.8 Å². The van der Waals surface area contributed by atoms with Gasteiger partial charge in [-0.05, 0) is 31.2 Å². The van der Waals surface area contributed by atoms with Crippen molar-refractivity contribution < 1.29 is 0 Å². The third kappa shape index (κ3) is 3.35. The van der Waals surface area contributed by atoms with Gasteiger partial charge in [0, 0.05) is 18.3 Å². The van der Waals surface area contributed by atoms with E-state index in [1.807, 2.05) is 11.8 Å². The van der Waals surface area contributed by atoms with Gasteiger partial charge >= 0.3 is 0 Å². The molecular weight excluding hydrogens is 190 g/mol. The van der Waals surface area contributed by atoms with Gasteiger partial charge < -0.3 is 5.32 Å². The fourth-order valence-corrected chi connectivity index (χ4v) is 1.88. The van der Waals surface area contributed by atoms with E-state index in [0.29, 0.717) is 6.04 Å². The standard InChI is InChI=1S/C12H19NS/c1-10-6-4-5-7-12(10)11(2)13-8-9-14-3/h4-7,11,13H,8-9H2,1-3H3. The van der Waals surface area contributed by atoms with Crippen LogP contribution in [0.2, 0.25) is 0 Å². The van der Waals surface area contributed by atoms with Crippen LogP contribution in [0.1, 0.15) is 24.1 Å². The van der Waals surface area contributed by atoms with Crippen LogP contribution in [0, 0.1) is 6.92 Å². The Morgan fingerprint density at radius 2 is 2.07 bits per heavy atom. The lowest BCUT2D eigenvalue weighted by Gasteiger charge is -2.15. The number of rotatable bonds is 5. The maximum atomic E-state index is 3.52. The fourth-order valence-electron chi connectivity index (χ4n) is 1.56. The van der Waals surface area contributed by atoms with E-state index in [4.69, 9.17) is 0 Å². The van der Waals surface area contributed by atoms with Gasteiger partial charge in [-0.3, -0.25) is 0 Å². The van der Waals surface area contributed by atoms with Crippen LogP contribution in [0.4, 0.5) is 0 Å². The van der Waals surface area contributed by atoms with Crippen molar-refractivity contribution >= 4 is 11.8 Å². The first-order chi connectivity index (χ1) is 6.75. The summed E-state index contributed by atoms with van der Waals surface area (Å²) in [7, 11) is 0. The Hall–Kier alpha value is -0.470. The van der Waals surface area contributed by atoms with Crippen LogP contribution < -0.4 is 5.32 Å². The SMILES string of the molecule is CSCCNC(C)c1ccccc1C. The molecule has 1 N–H and O–H groups in total. The molecule has 0 saturated carbocycles. The summed E-state index contributed by atoms with van der Waals surface area (Å²) < 4.78 is 0. The summed E-state index contributed by atoms with van der Waals surface area (Å²) in [6.45, 7) is 5.47. The molecule has 0 spiro atoms. The highest BCUT2D eigenvalue weighted by atomic mass is 32.2. The van der Waals surface area contributed by atoms with E-state index in [-0.39, 0.29) is 0 Å². The monoisotopic (exact) mass is 209 g/mol. The summed E-state index contributed by atoms with van der Waals surface area (Å²) in [5.74, 6) is 1.18. The van der Waals surface area contributed by atoms with Crippen molar-refractivity contribution in [2.75, 3.05) is 18.6 Å². The van der Waals surface area contributed by atoms with Crippen molar-refractivity contribution in [3.8, 4) is 0 Å². The second-order valence-electron chi connectivity index (χ2n) is 3.53. The highest BCUT2D eigenvalue weighted by Crippen LogP contribution is 2.16.